The van der Waals surface area contributed by atoms with Crippen molar-refractivity contribution in [3.63, 3.8) is 0 Å². The normalized spacial score (nSPS) is 11.0. The second kappa shape index (κ2) is 7.21. The average molecular weight is 395 g/mol. The maximum Gasteiger partial charge on any atom is 0.123 e. The van der Waals surface area contributed by atoms with Crippen LogP contribution in [0.1, 0.15) is 11.1 Å². The van der Waals surface area contributed by atoms with E-state index in [2.05, 4.69) is 0 Å². The van der Waals surface area contributed by atoms with Crippen molar-refractivity contribution in [3.8, 4) is 28.2 Å². The van der Waals surface area contributed by atoms with E-state index in [0.717, 1.165) is 39.3 Å². The minimum Gasteiger partial charge on any atom is -0.232 e. The first-order valence-electron chi connectivity index (χ1n) is 8.82. The van der Waals surface area contributed by atoms with Crippen molar-refractivity contribution in [1.82, 2.24) is 9.78 Å². The molecule has 0 aliphatic heterocycles. The summed E-state index contributed by atoms with van der Waals surface area (Å²) in [5.74, 6) is -0.602. The summed E-state index contributed by atoms with van der Waals surface area (Å²) in [5, 5.41) is 5.43. The summed E-state index contributed by atoms with van der Waals surface area (Å²) in [5.41, 5.74) is 5.88. The predicted molar refractivity (Wildman–Crippen MR) is 109 cm³/mol. The number of hydrogen-bond acceptors (Lipinski definition) is 1. The SMILES string of the molecule is Cc1ccc(-n2nc(-c3ccc(F)cc3)c(C)c2-c2ccc(F)cc2)cc1Cl. The van der Waals surface area contributed by atoms with Gasteiger partial charge in [-0.25, -0.2) is 13.5 Å². The molecular weight excluding hydrogens is 378 g/mol. The van der Waals surface area contributed by atoms with E-state index in [4.69, 9.17) is 16.7 Å². The molecule has 0 radical (unpaired) electrons. The molecule has 0 N–H and O–H groups in total. The van der Waals surface area contributed by atoms with Crippen molar-refractivity contribution < 1.29 is 8.78 Å². The van der Waals surface area contributed by atoms with E-state index in [1.165, 1.54) is 24.3 Å². The Balaban J connectivity index is 1.97. The fraction of sp³-hybridized carbons (Fsp3) is 0.0870. The van der Waals surface area contributed by atoms with E-state index in [0.29, 0.717) is 5.02 Å². The monoisotopic (exact) mass is 394 g/mol. The van der Waals surface area contributed by atoms with Crippen LogP contribution in [0, 0.1) is 25.5 Å². The molecule has 0 bridgehead atoms. The zero-order valence-corrected chi connectivity index (χ0v) is 16.1. The minimum atomic E-state index is -0.301. The summed E-state index contributed by atoms with van der Waals surface area (Å²) in [7, 11) is 0. The predicted octanol–water partition coefficient (Wildman–Crippen LogP) is 6.75. The van der Waals surface area contributed by atoms with Gasteiger partial charge in [0.1, 0.15) is 11.6 Å². The lowest BCUT2D eigenvalue weighted by atomic mass is 10.0. The molecule has 0 aliphatic carbocycles. The van der Waals surface area contributed by atoms with Crippen molar-refractivity contribution in [1.29, 1.82) is 0 Å². The average Bonchev–Trinajstić information content (AvgIpc) is 3.02. The van der Waals surface area contributed by atoms with Crippen molar-refractivity contribution in [2.75, 3.05) is 0 Å². The van der Waals surface area contributed by atoms with Gasteiger partial charge >= 0.3 is 0 Å². The molecule has 4 rings (SSSR count). The number of benzene rings is 3. The highest BCUT2D eigenvalue weighted by molar-refractivity contribution is 6.31. The number of aromatic nitrogens is 2. The van der Waals surface area contributed by atoms with Crippen LogP contribution in [0.5, 0.6) is 0 Å². The first-order chi connectivity index (χ1) is 13.4. The Kier molecular flexibility index (Phi) is 4.73. The van der Waals surface area contributed by atoms with Crippen LogP contribution >= 0.6 is 11.6 Å². The Hall–Kier alpha value is -2.98. The molecule has 0 spiro atoms. The van der Waals surface area contributed by atoms with Crippen LogP contribution < -0.4 is 0 Å². The Morgan fingerprint density at radius 1 is 0.786 bits per heavy atom. The lowest BCUT2D eigenvalue weighted by Crippen LogP contribution is -2.00. The van der Waals surface area contributed by atoms with Crippen LogP contribution in [0.3, 0.4) is 0 Å². The maximum atomic E-state index is 13.5. The standard InChI is InChI=1S/C23H17ClF2N2/c1-14-3-12-20(13-21(14)24)28-23(17-6-10-19(26)11-7-17)15(2)22(27-28)16-4-8-18(25)9-5-16/h3-13H,1-2H3. The fourth-order valence-corrected chi connectivity index (χ4v) is 3.40. The molecule has 4 aromatic rings. The Bertz CT molecular complexity index is 1150. The number of aryl methyl sites for hydroxylation is 1. The number of hydrogen-bond donors (Lipinski definition) is 0. The van der Waals surface area contributed by atoms with Crippen LogP contribution in [-0.4, -0.2) is 9.78 Å². The third-order valence-corrected chi connectivity index (χ3v) is 5.16. The Morgan fingerprint density at radius 2 is 1.36 bits per heavy atom. The highest BCUT2D eigenvalue weighted by Gasteiger charge is 2.19. The zero-order valence-electron chi connectivity index (χ0n) is 15.4. The Morgan fingerprint density at radius 3 is 1.93 bits per heavy atom. The van der Waals surface area contributed by atoms with Gasteiger partial charge in [-0.15, -0.1) is 0 Å². The van der Waals surface area contributed by atoms with Gasteiger partial charge < -0.3 is 0 Å². The molecule has 1 aromatic heterocycles. The van der Waals surface area contributed by atoms with Gasteiger partial charge in [-0.3, -0.25) is 0 Å². The van der Waals surface area contributed by atoms with Crippen molar-refractivity contribution in [2.45, 2.75) is 13.8 Å². The van der Waals surface area contributed by atoms with Gasteiger partial charge in [-0.1, -0.05) is 17.7 Å². The summed E-state index contributed by atoms with van der Waals surface area (Å²) < 4.78 is 28.6. The van der Waals surface area contributed by atoms with Gasteiger partial charge in [-0.05, 0) is 80.1 Å². The quantitative estimate of drug-likeness (QED) is 0.375. The molecule has 0 amide bonds. The first-order valence-corrected chi connectivity index (χ1v) is 9.20. The van der Waals surface area contributed by atoms with Crippen molar-refractivity contribution in [2.24, 2.45) is 0 Å². The molecule has 0 saturated carbocycles. The van der Waals surface area contributed by atoms with E-state index in [-0.39, 0.29) is 11.6 Å². The highest BCUT2D eigenvalue weighted by atomic mass is 35.5. The summed E-state index contributed by atoms with van der Waals surface area (Å²) in [6, 6.07) is 18.2. The second-order valence-electron chi connectivity index (χ2n) is 6.68. The first kappa shape index (κ1) is 18.4. The minimum absolute atomic E-state index is 0.301. The molecule has 3 aromatic carbocycles. The van der Waals surface area contributed by atoms with Crippen molar-refractivity contribution in [3.05, 3.63) is 94.5 Å². The van der Waals surface area contributed by atoms with Crippen LogP contribution in [0.15, 0.2) is 66.7 Å². The molecular formula is C23H17ClF2N2. The van der Waals surface area contributed by atoms with E-state index in [1.807, 2.05) is 32.0 Å². The summed E-state index contributed by atoms with van der Waals surface area (Å²) in [6.45, 7) is 3.89. The van der Waals surface area contributed by atoms with E-state index in [9.17, 15) is 8.78 Å². The van der Waals surface area contributed by atoms with Crippen LogP contribution in [0.2, 0.25) is 5.02 Å². The van der Waals surface area contributed by atoms with E-state index < -0.39 is 0 Å². The lowest BCUT2D eigenvalue weighted by Gasteiger charge is -2.10. The fourth-order valence-electron chi connectivity index (χ4n) is 3.22. The lowest BCUT2D eigenvalue weighted by molar-refractivity contribution is 0.627. The third-order valence-electron chi connectivity index (χ3n) is 4.76. The van der Waals surface area contributed by atoms with Crippen LogP contribution in [0.25, 0.3) is 28.2 Å². The van der Waals surface area contributed by atoms with Gasteiger partial charge in [0, 0.05) is 21.7 Å². The van der Waals surface area contributed by atoms with Gasteiger partial charge in [0.25, 0.3) is 0 Å². The molecule has 5 heteroatoms. The third kappa shape index (κ3) is 3.32. The largest absolute Gasteiger partial charge is 0.232 e. The van der Waals surface area contributed by atoms with E-state index >= 15 is 0 Å². The molecule has 140 valence electrons. The topological polar surface area (TPSA) is 17.8 Å². The molecule has 0 fully saturated rings. The number of rotatable bonds is 3. The molecule has 0 saturated heterocycles. The smallest absolute Gasteiger partial charge is 0.123 e. The van der Waals surface area contributed by atoms with Crippen LogP contribution in [-0.2, 0) is 0 Å². The van der Waals surface area contributed by atoms with Crippen molar-refractivity contribution >= 4 is 11.6 Å². The summed E-state index contributed by atoms with van der Waals surface area (Å²) in [4.78, 5) is 0. The molecule has 28 heavy (non-hydrogen) atoms. The Labute approximate surface area is 167 Å². The van der Waals surface area contributed by atoms with Gasteiger partial charge in [0.15, 0.2) is 0 Å². The van der Waals surface area contributed by atoms with Gasteiger partial charge in [-0.2, -0.15) is 5.10 Å². The molecule has 0 aliphatic rings. The zero-order chi connectivity index (χ0) is 19.8. The molecule has 2 nitrogen and oxygen atoms in total. The summed E-state index contributed by atoms with van der Waals surface area (Å²) >= 11 is 6.33. The molecule has 0 atom stereocenters. The molecule has 0 unspecified atom stereocenters. The second-order valence-corrected chi connectivity index (χ2v) is 7.09. The van der Waals surface area contributed by atoms with Crippen LogP contribution in [0.4, 0.5) is 8.78 Å². The number of halogens is 3. The maximum absolute atomic E-state index is 13.5. The van der Waals surface area contributed by atoms with Gasteiger partial charge in [0.05, 0.1) is 17.1 Å². The molecule has 1 heterocycles. The van der Waals surface area contributed by atoms with E-state index in [1.54, 1.807) is 28.9 Å². The summed E-state index contributed by atoms with van der Waals surface area (Å²) in [6.07, 6.45) is 0. The van der Waals surface area contributed by atoms with Gasteiger partial charge in [0.2, 0.25) is 0 Å². The number of nitrogens with zero attached hydrogens (tertiary/aromatic N) is 2. The highest BCUT2D eigenvalue weighted by Crippen LogP contribution is 2.34.